The first kappa shape index (κ1) is 6.93. The molecule has 0 saturated heterocycles. The Morgan fingerprint density at radius 2 is 2.00 bits per heavy atom. The first-order valence-electron chi connectivity index (χ1n) is 3.33. The van der Waals surface area contributed by atoms with E-state index in [4.69, 9.17) is 5.41 Å². The van der Waals surface area contributed by atoms with Crippen LogP contribution in [0.1, 0.15) is 25.7 Å². The van der Waals surface area contributed by atoms with Gasteiger partial charge in [-0.1, -0.05) is 12.8 Å². The molecule has 1 aliphatic rings. The molecule has 0 aliphatic heterocycles. The van der Waals surface area contributed by atoms with Crippen molar-refractivity contribution in [1.29, 1.82) is 5.41 Å². The molecule has 0 aromatic rings. The van der Waals surface area contributed by atoms with Crippen LogP contribution in [0.15, 0.2) is 0 Å². The summed E-state index contributed by atoms with van der Waals surface area (Å²) in [6.45, 7) is 0. The zero-order valence-corrected chi connectivity index (χ0v) is 6.25. The first-order chi connectivity index (χ1) is 4.29. The summed E-state index contributed by atoms with van der Waals surface area (Å²) >= 11 is 3.85. The Kier molecular flexibility index (Phi) is 2.39. The zero-order chi connectivity index (χ0) is 6.69. The van der Waals surface area contributed by atoms with Gasteiger partial charge in [-0.05, 0) is 12.8 Å². The molecule has 1 fully saturated rings. The highest BCUT2D eigenvalue weighted by molar-refractivity contribution is 7.96. The predicted octanol–water partition coefficient (Wildman–Crippen LogP) is 1.38. The van der Waals surface area contributed by atoms with Gasteiger partial charge in [0.25, 0.3) is 0 Å². The molecule has 9 heavy (non-hydrogen) atoms. The quantitative estimate of drug-likeness (QED) is 0.290. The Balaban J connectivity index is 2.19. The highest BCUT2D eigenvalue weighted by Crippen LogP contribution is 2.17. The van der Waals surface area contributed by atoms with Crippen molar-refractivity contribution in [1.82, 2.24) is 5.32 Å². The molecule has 0 heterocycles. The lowest BCUT2D eigenvalue weighted by Crippen LogP contribution is -2.28. The van der Waals surface area contributed by atoms with Crippen molar-refractivity contribution in [2.24, 2.45) is 0 Å². The third kappa shape index (κ3) is 2.26. The summed E-state index contributed by atoms with van der Waals surface area (Å²) in [7, 11) is 0. The van der Waals surface area contributed by atoms with Crippen molar-refractivity contribution in [3.63, 3.8) is 0 Å². The highest BCUT2D eigenvalue weighted by atomic mass is 32.1. The third-order valence-electron chi connectivity index (χ3n) is 1.70. The van der Waals surface area contributed by atoms with Crippen LogP contribution in [0.5, 0.6) is 0 Å². The number of hydrogen-bond acceptors (Lipinski definition) is 1. The Morgan fingerprint density at radius 1 is 1.44 bits per heavy atom. The van der Waals surface area contributed by atoms with E-state index in [9.17, 15) is 0 Å². The van der Waals surface area contributed by atoms with E-state index in [1.54, 1.807) is 0 Å². The molecule has 1 rings (SSSR count). The molecule has 0 radical (unpaired) electrons. The maximum atomic E-state index is 7.01. The zero-order valence-electron chi connectivity index (χ0n) is 5.35. The van der Waals surface area contributed by atoms with Crippen LogP contribution < -0.4 is 5.32 Å². The van der Waals surface area contributed by atoms with E-state index in [0.717, 1.165) is 0 Å². The molecule has 2 nitrogen and oxygen atoms in total. The monoisotopic (exact) mass is 144 g/mol. The molecule has 1 aliphatic carbocycles. The minimum absolute atomic E-state index is 0.307. The van der Waals surface area contributed by atoms with Crippen LogP contribution >= 0.6 is 12.6 Å². The molecule has 0 spiro atoms. The van der Waals surface area contributed by atoms with E-state index >= 15 is 0 Å². The topological polar surface area (TPSA) is 35.9 Å². The molecule has 3 heteroatoms. The average Bonchev–Trinajstić information content (AvgIpc) is 2.15. The van der Waals surface area contributed by atoms with Crippen molar-refractivity contribution in [2.75, 3.05) is 0 Å². The molecule has 52 valence electrons. The lowest BCUT2D eigenvalue weighted by molar-refractivity contribution is 0.634. The fourth-order valence-corrected chi connectivity index (χ4v) is 1.45. The predicted molar refractivity (Wildman–Crippen MR) is 42.1 cm³/mol. The van der Waals surface area contributed by atoms with Gasteiger partial charge < -0.3 is 5.32 Å². The lowest BCUT2D eigenvalue weighted by atomic mass is 10.3. The second-order valence-electron chi connectivity index (χ2n) is 2.47. The van der Waals surface area contributed by atoms with Gasteiger partial charge in [0, 0.05) is 6.04 Å². The molecule has 0 unspecified atom stereocenters. The van der Waals surface area contributed by atoms with Crippen LogP contribution in [0, 0.1) is 5.41 Å². The summed E-state index contributed by atoms with van der Waals surface area (Å²) in [5.41, 5.74) is 0. The van der Waals surface area contributed by atoms with Gasteiger partial charge in [0.15, 0.2) is 5.17 Å². The Morgan fingerprint density at radius 3 is 2.44 bits per heavy atom. The van der Waals surface area contributed by atoms with E-state index in [1.807, 2.05) is 0 Å². The van der Waals surface area contributed by atoms with Crippen LogP contribution in [0.25, 0.3) is 0 Å². The van der Waals surface area contributed by atoms with Gasteiger partial charge in [0.2, 0.25) is 0 Å². The van der Waals surface area contributed by atoms with Crippen LogP contribution in [-0.4, -0.2) is 11.2 Å². The number of amidine groups is 1. The molecule has 0 aromatic heterocycles. The maximum absolute atomic E-state index is 7.01. The van der Waals surface area contributed by atoms with E-state index in [0.29, 0.717) is 11.2 Å². The van der Waals surface area contributed by atoms with Gasteiger partial charge >= 0.3 is 0 Å². The molecular formula is C6H12N2S. The van der Waals surface area contributed by atoms with Crippen LogP contribution in [0.3, 0.4) is 0 Å². The normalized spacial score (nSPS) is 20.1. The molecule has 2 N–H and O–H groups in total. The van der Waals surface area contributed by atoms with Crippen LogP contribution in [0.4, 0.5) is 0 Å². The molecule has 0 bridgehead atoms. The van der Waals surface area contributed by atoms with Gasteiger partial charge in [-0.2, -0.15) is 0 Å². The first-order valence-corrected chi connectivity index (χ1v) is 3.78. The third-order valence-corrected chi connectivity index (χ3v) is 1.83. The lowest BCUT2D eigenvalue weighted by Gasteiger charge is -2.09. The van der Waals surface area contributed by atoms with Gasteiger partial charge in [-0.3, -0.25) is 5.41 Å². The Labute approximate surface area is 60.9 Å². The standard InChI is InChI=1S/C6H12N2S/c7-6(9)8-5-3-1-2-4-5/h5H,1-4H2,(H3,7,8,9). The summed E-state index contributed by atoms with van der Waals surface area (Å²) in [5, 5.41) is 10.3. The summed E-state index contributed by atoms with van der Waals surface area (Å²) < 4.78 is 0. The van der Waals surface area contributed by atoms with Gasteiger partial charge in [0.05, 0.1) is 0 Å². The van der Waals surface area contributed by atoms with Gasteiger partial charge in [0.1, 0.15) is 0 Å². The fourth-order valence-electron chi connectivity index (χ4n) is 1.26. The second kappa shape index (κ2) is 3.11. The van der Waals surface area contributed by atoms with Crippen molar-refractivity contribution in [3.05, 3.63) is 0 Å². The minimum Gasteiger partial charge on any atom is -0.363 e. The van der Waals surface area contributed by atoms with Crippen LogP contribution in [0.2, 0.25) is 0 Å². The Bertz CT molecular complexity index is 108. The smallest absolute Gasteiger partial charge is 0.150 e. The number of nitrogens with one attached hydrogen (secondary N) is 2. The molecular weight excluding hydrogens is 132 g/mol. The van der Waals surface area contributed by atoms with E-state index < -0.39 is 0 Å². The van der Waals surface area contributed by atoms with Crippen molar-refractivity contribution in [2.45, 2.75) is 31.7 Å². The van der Waals surface area contributed by atoms with Crippen molar-refractivity contribution >= 4 is 17.8 Å². The van der Waals surface area contributed by atoms with Gasteiger partial charge in [-0.25, -0.2) is 0 Å². The summed E-state index contributed by atoms with van der Waals surface area (Å²) in [6.07, 6.45) is 5.03. The van der Waals surface area contributed by atoms with Gasteiger partial charge in [-0.15, -0.1) is 12.6 Å². The van der Waals surface area contributed by atoms with E-state index in [2.05, 4.69) is 17.9 Å². The number of thiol groups is 1. The SMILES string of the molecule is N=C(S)NC1CCCC1. The number of rotatable bonds is 1. The summed E-state index contributed by atoms with van der Waals surface area (Å²) in [6, 6.07) is 0.537. The second-order valence-corrected chi connectivity index (χ2v) is 2.92. The fraction of sp³-hybridized carbons (Fsp3) is 0.833. The highest BCUT2D eigenvalue weighted by Gasteiger charge is 2.13. The minimum atomic E-state index is 0.307. The van der Waals surface area contributed by atoms with Crippen molar-refractivity contribution in [3.8, 4) is 0 Å². The van der Waals surface area contributed by atoms with Crippen LogP contribution in [-0.2, 0) is 0 Å². The summed E-state index contributed by atoms with van der Waals surface area (Å²) in [5.74, 6) is 0. The molecule has 1 saturated carbocycles. The molecule has 0 aromatic carbocycles. The summed E-state index contributed by atoms with van der Waals surface area (Å²) in [4.78, 5) is 0. The maximum Gasteiger partial charge on any atom is 0.150 e. The van der Waals surface area contributed by atoms with E-state index in [-0.39, 0.29) is 0 Å². The average molecular weight is 144 g/mol. The number of hydrogen-bond donors (Lipinski definition) is 3. The Hall–Kier alpha value is -0.180. The molecule has 0 atom stereocenters. The van der Waals surface area contributed by atoms with Crippen molar-refractivity contribution < 1.29 is 0 Å². The van der Waals surface area contributed by atoms with E-state index in [1.165, 1.54) is 25.7 Å². The largest absolute Gasteiger partial charge is 0.363 e. The molecule has 0 amide bonds.